The molecule has 0 radical (unpaired) electrons. The van der Waals surface area contributed by atoms with Crippen molar-refractivity contribution in [3.63, 3.8) is 0 Å². The van der Waals surface area contributed by atoms with E-state index >= 15 is 0 Å². The van der Waals surface area contributed by atoms with Gasteiger partial charge in [0.15, 0.2) is 5.82 Å². The number of aromatic nitrogens is 3. The molecule has 1 aromatic heterocycles. The number of carboxylic acids is 1. The minimum Gasteiger partial charge on any atom is -0.497 e. The highest BCUT2D eigenvalue weighted by molar-refractivity contribution is 6.35. The molecule has 3 aromatic rings. The van der Waals surface area contributed by atoms with Crippen molar-refractivity contribution in [3.8, 4) is 5.75 Å². The number of anilines is 2. The van der Waals surface area contributed by atoms with Crippen LogP contribution in [0.2, 0.25) is 10.0 Å². The normalized spacial score (nSPS) is 10.6. The summed E-state index contributed by atoms with van der Waals surface area (Å²) in [6.07, 6.45) is 0. The summed E-state index contributed by atoms with van der Waals surface area (Å²) in [6.45, 7) is 0.310. The first-order valence-electron chi connectivity index (χ1n) is 7.49. The monoisotopic (exact) mass is 392 g/mol. The van der Waals surface area contributed by atoms with Crippen LogP contribution >= 0.6 is 23.2 Å². The molecule has 0 aliphatic rings. The van der Waals surface area contributed by atoms with Crippen molar-refractivity contribution in [2.45, 2.75) is 6.54 Å². The van der Waals surface area contributed by atoms with E-state index in [1.54, 1.807) is 25.3 Å². The second-order valence-electron chi connectivity index (χ2n) is 5.35. The van der Waals surface area contributed by atoms with E-state index in [1.165, 1.54) is 4.68 Å². The van der Waals surface area contributed by atoms with Gasteiger partial charge in [-0.25, -0.2) is 9.48 Å². The standard InChI is InChI=1S/C17H14Cl2N4O3/c1-26-12-5-2-10(3-6-12)9-23-16(15(17(24)25)21-22-23)20-14-8-11(18)4-7-13(14)19/h2-8,20H,9H2,1H3,(H,24,25). The molecule has 0 amide bonds. The van der Waals surface area contributed by atoms with Crippen molar-refractivity contribution in [2.24, 2.45) is 0 Å². The Bertz CT molecular complexity index is 942. The maximum absolute atomic E-state index is 11.5. The average molecular weight is 393 g/mol. The van der Waals surface area contributed by atoms with Gasteiger partial charge in [0.05, 0.1) is 24.4 Å². The lowest BCUT2D eigenvalue weighted by molar-refractivity contribution is 0.0691. The Morgan fingerprint density at radius 1 is 1.23 bits per heavy atom. The average Bonchev–Trinajstić information content (AvgIpc) is 3.01. The molecule has 0 saturated carbocycles. The van der Waals surface area contributed by atoms with Gasteiger partial charge in [0.25, 0.3) is 0 Å². The van der Waals surface area contributed by atoms with Gasteiger partial charge in [0.2, 0.25) is 5.69 Å². The van der Waals surface area contributed by atoms with Crippen molar-refractivity contribution in [1.82, 2.24) is 15.0 Å². The summed E-state index contributed by atoms with van der Waals surface area (Å²) in [5.74, 6) is -0.272. The zero-order valence-corrected chi connectivity index (χ0v) is 15.1. The van der Waals surface area contributed by atoms with E-state index in [-0.39, 0.29) is 11.5 Å². The molecule has 3 rings (SSSR count). The second-order valence-corrected chi connectivity index (χ2v) is 6.19. The van der Waals surface area contributed by atoms with Crippen molar-refractivity contribution >= 4 is 40.7 Å². The van der Waals surface area contributed by atoms with Gasteiger partial charge in [-0.3, -0.25) is 0 Å². The molecule has 0 unspecified atom stereocenters. The summed E-state index contributed by atoms with van der Waals surface area (Å²) in [5, 5.41) is 20.9. The molecule has 0 atom stereocenters. The van der Waals surface area contributed by atoms with Gasteiger partial charge in [-0.05, 0) is 35.9 Å². The van der Waals surface area contributed by atoms with E-state index in [4.69, 9.17) is 27.9 Å². The lowest BCUT2D eigenvalue weighted by Gasteiger charge is -2.12. The van der Waals surface area contributed by atoms with Crippen LogP contribution in [0, 0.1) is 0 Å². The highest BCUT2D eigenvalue weighted by Gasteiger charge is 2.20. The molecule has 0 bridgehead atoms. The van der Waals surface area contributed by atoms with Crippen LogP contribution in [0.3, 0.4) is 0 Å². The molecule has 9 heteroatoms. The van der Waals surface area contributed by atoms with E-state index in [9.17, 15) is 9.90 Å². The van der Waals surface area contributed by atoms with E-state index in [2.05, 4.69) is 15.6 Å². The summed E-state index contributed by atoms with van der Waals surface area (Å²) >= 11 is 12.2. The fourth-order valence-corrected chi connectivity index (χ4v) is 2.65. The van der Waals surface area contributed by atoms with Gasteiger partial charge >= 0.3 is 5.97 Å². The quantitative estimate of drug-likeness (QED) is 0.656. The van der Waals surface area contributed by atoms with Gasteiger partial charge < -0.3 is 15.2 Å². The predicted octanol–water partition coefficient (Wildman–Crippen LogP) is 4.08. The third-order valence-corrected chi connectivity index (χ3v) is 4.18. The summed E-state index contributed by atoms with van der Waals surface area (Å²) in [6, 6.07) is 12.2. The number of ether oxygens (including phenoxy) is 1. The zero-order valence-electron chi connectivity index (χ0n) is 13.6. The van der Waals surface area contributed by atoms with Crippen LogP contribution in [-0.2, 0) is 6.54 Å². The third kappa shape index (κ3) is 3.89. The fraction of sp³-hybridized carbons (Fsp3) is 0.118. The molecule has 7 nitrogen and oxygen atoms in total. The zero-order chi connectivity index (χ0) is 18.7. The molecule has 0 fully saturated rings. The maximum Gasteiger partial charge on any atom is 0.360 e. The Kier molecular flexibility index (Phi) is 5.29. The lowest BCUT2D eigenvalue weighted by atomic mass is 10.2. The molecular weight excluding hydrogens is 379 g/mol. The molecular formula is C17H14Cl2N4O3. The number of nitrogens with zero attached hydrogens (tertiary/aromatic N) is 3. The predicted molar refractivity (Wildman–Crippen MR) is 98.8 cm³/mol. The number of hydrogen-bond acceptors (Lipinski definition) is 5. The van der Waals surface area contributed by atoms with Gasteiger partial charge in [-0.2, -0.15) is 0 Å². The van der Waals surface area contributed by atoms with E-state index < -0.39 is 5.97 Å². The minimum absolute atomic E-state index is 0.206. The summed E-state index contributed by atoms with van der Waals surface area (Å²) in [4.78, 5) is 11.5. The Hall–Kier alpha value is -2.77. The van der Waals surface area contributed by atoms with Crippen molar-refractivity contribution < 1.29 is 14.6 Å². The summed E-state index contributed by atoms with van der Waals surface area (Å²) in [7, 11) is 1.59. The SMILES string of the molecule is COc1ccc(Cn2nnc(C(=O)O)c2Nc2cc(Cl)ccc2Cl)cc1. The summed E-state index contributed by atoms with van der Waals surface area (Å²) < 4.78 is 6.58. The Balaban J connectivity index is 1.95. The van der Waals surface area contributed by atoms with Crippen LogP contribution < -0.4 is 10.1 Å². The number of rotatable bonds is 6. The first-order chi connectivity index (χ1) is 12.5. The lowest BCUT2D eigenvalue weighted by Crippen LogP contribution is -2.09. The number of methoxy groups -OCH3 is 1. The number of benzene rings is 2. The molecule has 134 valence electrons. The maximum atomic E-state index is 11.5. The van der Waals surface area contributed by atoms with E-state index in [1.807, 2.05) is 24.3 Å². The van der Waals surface area contributed by atoms with E-state index in [0.717, 1.165) is 11.3 Å². The Labute approximate surface area is 159 Å². The first-order valence-corrected chi connectivity index (χ1v) is 8.25. The topological polar surface area (TPSA) is 89.3 Å². The Morgan fingerprint density at radius 3 is 2.62 bits per heavy atom. The molecule has 2 aromatic carbocycles. The molecule has 0 aliphatic carbocycles. The third-order valence-electron chi connectivity index (χ3n) is 3.61. The first kappa shape index (κ1) is 18.0. The second kappa shape index (κ2) is 7.63. The molecule has 26 heavy (non-hydrogen) atoms. The highest BCUT2D eigenvalue weighted by atomic mass is 35.5. The van der Waals surface area contributed by atoms with E-state index in [0.29, 0.717) is 22.3 Å². The fourth-order valence-electron chi connectivity index (χ4n) is 2.32. The van der Waals surface area contributed by atoms with Crippen LogP contribution in [0.1, 0.15) is 16.1 Å². The van der Waals surface area contributed by atoms with Gasteiger partial charge in [-0.1, -0.05) is 40.5 Å². The van der Waals surface area contributed by atoms with Crippen molar-refractivity contribution in [2.75, 3.05) is 12.4 Å². The van der Waals surface area contributed by atoms with Crippen LogP contribution in [0.15, 0.2) is 42.5 Å². The minimum atomic E-state index is -1.20. The van der Waals surface area contributed by atoms with Crippen LogP contribution in [0.5, 0.6) is 5.75 Å². The molecule has 1 heterocycles. The number of halogens is 2. The largest absolute Gasteiger partial charge is 0.497 e. The van der Waals surface area contributed by atoms with Crippen LogP contribution in [0.25, 0.3) is 0 Å². The molecule has 0 spiro atoms. The van der Waals surface area contributed by atoms with Crippen molar-refractivity contribution in [3.05, 3.63) is 63.8 Å². The van der Waals surface area contributed by atoms with Crippen molar-refractivity contribution in [1.29, 1.82) is 0 Å². The van der Waals surface area contributed by atoms with Gasteiger partial charge in [-0.15, -0.1) is 5.10 Å². The molecule has 0 saturated heterocycles. The highest BCUT2D eigenvalue weighted by Crippen LogP contribution is 2.29. The van der Waals surface area contributed by atoms with Gasteiger partial charge in [0, 0.05) is 5.02 Å². The Morgan fingerprint density at radius 2 is 1.96 bits per heavy atom. The van der Waals surface area contributed by atoms with Crippen LogP contribution in [0.4, 0.5) is 11.5 Å². The molecule has 2 N–H and O–H groups in total. The number of aromatic carboxylic acids is 1. The summed E-state index contributed by atoms with van der Waals surface area (Å²) in [5.41, 5.74) is 1.14. The number of nitrogens with one attached hydrogen (secondary N) is 1. The van der Waals surface area contributed by atoms with Crippen LogP contribution in [-0.4, -0.2) is 33.2 Å². The smallest absolute Gasteiger partial charge is 0.360 e. The number of carbonyl (C=O) groups is 1. The molecule has 0 aliphatic heterocycles. The van der Waals surface area contributed by atoms with Gasteiger partial charge in [0.1, 0.15) is 5.75 Å². The number of carboxylic acid groups (broad SMARTS) is 1. The number of hydrogen-bond donors (Lipinski definition) is 2.